The second-order valence-electron chi connectivity index (χ2n) is 3.75. The zero-order valence-electron chi connectivity index (χ0n) is 8.56. The maximum atomic E-state index is 11.7. The summed E-state index contributed by atoms with van der Waals surface area (Å²) in [5.74, 6) is 0.171. The molecule has 0 rings (SSSR count). The van der Waals surface area contributed by atoms with Crippen LogP contribution in [0, 0.1) is 5.92 Å². The molecule has 5 heteroatoms. The SMILES string of the molecule is CC(=NO)C(C)P(=O)(O)CC(C)C. The number of rotatable bonds is 4. The Balaban J connectivity index is 4.55. The van der Waals surface area contributed by atoms with Crippen LogP contribution in [0.2, 0.25) is 0 Å². The number of oxime groups is 1. The van der Waals surface area contributed by atoms with Gasteiger partial charge in [-0.1, -0.05) is 19.0 Å². The zero-order valence-corrected chi connectivity index (χ0v) is 9.45. The van der Waals surface area contributed by atoms with Crippen LogP contribution >= 0.6 is 7.37 Å². The van der Waals surface area contributed by atoms with Gasteiger partial charge in [0.2, 0.25) is 7.37 Å². The van der Waals surface area contributed by atoms with Crippen LogP contribution in [0.5, 0.6) is 0 Å². The van der Waals surface area contributed by atoms with E-state index in [-0.39, 0.29) is 12.1 Å². The lowest BCUT2D eigenvalue weighted by molar-refractivity contribution is 0.317. The van der Waals surface area contributed by atoms with Crippen molar-refractivity contribution in [3.05, 3.63) is 0 Å². The molecule has 2 unspecified atom stereocenters. The fourth-order valence-corrected chi connectivity index (χ4v) is 3.05. The molecule has 0 aromatic carbocycles. The minimum atomic E-state index is -3.20. The lowest BCUT2D eigenvalue weighted by atomic mass is 10.3. The zero-order chi connectivity index (χ0) is 10.6. The number of hydrogen-bond donors (Lipinski definition) is 2. The fraction of sp³-hybridized carbons (Fsp3) is 0.875. The molecular formula is C8H18NO3P. The first-order chi connectivity index (χ1) is 5.81. The Morgan fingerprint density at radius 3 is 2.23 bits per heavy atom. The summed E-state index contributed by atoms with van der Waals surface area (Å²) in [6, 6.07) is 0. The molecule has 0 fully saturated rings. The van der Waals surface area contributed by atoms with E-state index in [0.717, 1.165) is 0 Å². The normalized spacial score (nSPS) is 20.0. The maximum absolute atomic E-state index is 11.7. The van der Waals surface area contributed by atoms with Crippen molar-refractivity contribution in [1.29, 1.82) is 0 Å². The molecular weight excluding hydrogens is 189 g/mol. The molecule has 2 atom stereocenters. The first-order valence-electron chi connectivity index (χ1n) is 4.31. The molecule has 78 valence electrons. The maximum Gasteiger partial charge on any atom is 0.209 e. The quantitative estimate of drug-likeness (QED) is 0.321. The van der Waals surface area contributed by atoms with E-state index >= 15 is 0 Å². The van der Waals surface area contributed by atoms with Gasteiger partial charge in [0.1, 0.15) is 0 Å². The van der Waals surface area contributed by atoms with Crippen molar-refractivity contribution in [2.45, 2.75) is 33.4 Å². The van der Waals surface area contributed by atoms with E-state index in [9.17, 15) is 9.46 Å². The molecule has 0 heterocycles. The van der Waals surface area contributed by atoms with Crippen molar-refractivity contribution in [1.82, 2.24) is 0 Å². The van der Waals surface area contributed by atoms with Crippen molar-refractivity contribution < 1.29 is 14.7 Å². The Hall–Kier alpha value is -0.340. The summed E-state index contributed by atoms with van der Waals surface area (Å²) in [6.07, 6.45) is 0.265. The minimum Gasteiger partial charge on any atom is -0.411 e. The van der Waals surface area contributed by atoms with Crippen molar-refractivity contribution in [3.63, 3.8) is 0 Å². The van der Waals surface area contributed by atoms with Crippen LogP contribution in [0.4, 0.5) is 0 Å². The predicted octanol–water partition coefficient (Wildman–Crippen LogP) is 2.15. The van der Waals surface area contributed by atoms with Crippen molar-refractivity contribution in [2.75, 3.05) is 6.16 Å². The van der Waals surface area contributed by atoms with Crippen LogP contribution in [0.3, 0.4) is 0 Å². The summed E-state index contributed by atoms with van der Waals surface area (Å²) in [5.41, 5.74) is -0.244. The van der Waals surface area contributed by atoms with E-state index in [1.807, 2.05) is 13.8 Å². The summed E-state index contributed by atoms with van der Waals surface area (Å²) in [5, 5.41) is 11.4. The Bertz CT molecular complexity index is 238. The topological polar surface area (TPSA) is 69.9 Å². The lowest BCUT2D eigenvalue weighted by Crippen LogP contribution is -2.17. The second-order valence-corrected chi connectivity index (χ2v) is 6.40. The number of nitrogens with zero attached hydrogens (tertiary/aromatic N) is 1. The molecule has 0 aromatic rings. The molecule has 0 saturated heterocycles. The van der Waals surface area contributed by atoms with Crippen LogP contribution in [-0.2, 0) is 4.57 Å². The van der Waals surface area contributed by atoms with Gasteiger partial charge in [0.05, 0.1) is 11.4 Å². The van der Waals surface area contributed by atoms with Crippen molar-refractivity contribution >= 4 is 13.1 Å². The molecule has 13 heavy (non-hydrogen) atoms. The van der Waals surface area contributed by atoms with Crippen LogP contribution in [-0.4, -0.2) is 27.6 Å². The molecule has 0 aromatic heterocycles. The highest BCUT2D eigenvalue weighted by molar-refractivity contribution is 7.59. The Morgan fingerprint density at radius 1 is 1.46 bits per heavy atom. The highest BCUT2D eigenvalue weighted by Crippen LogP contribution is 2.48. The van der Waals surface area contributed by atoms with Gasteiger partial charge in [-0.05, 0) is 19.8 Å². The molecule has 2 N–H and O–H groups in total. The summed E-state index contributed by atoms with van der Waals surface area (Å²) in [7, 11) is -3.20. The molecule has 0 aliphatic carbocycles. The third kappa shape index (κ3) is 3.92. The number of hydrogen-bond acceptors (Lipinski definition) is 3. The van der Waals surface area contributed by atoms with Gasteiger partial charge in [-0.2, -0.15) is 0 Å². The van der Waals surface area contributed by atoms with E-state index in [2.05, 4.69) is 5.16 Å². The molecule has 0 aliphatic heterocycles. The smallest absolute Gasteiger partial charge is 0.209 e. The van der Waals surface area contributed by atoms with E-state index in [1.165, 1.54) is 0 Å². The highest BCUT2D eigenvalue weighted by atomic mass is 31.2. The van der Waals surface area contributed by atoms with E-state index in [0.29, 0.717) is 5.71 Å². The largest absolute Gasteiger partial charge is 0.411 e. The predicted molar refractivity (Wildman–Crippen MR) is 53.9 cm³/mol. The van der Waals surface area contributed by atoms with Crippen molar-refractivity contribution in [2.24, 2.45) is 11.1 Å². The van der Waals surface area contributed by atoms with E-state index < -0.39 is 13.0 Å². The average molecular weight is 207 g/mol. The molecule has 0 radical (unpaired) electrons. The third-order valence-electron chi connectivity index (χ3n) is 1.99. The van der Waals surface area contributed by atoms with Crippen molar-refractivity contribution in [3.8, 4) is 0 Å². The van der Waals surface area contributed by atoms with Crippen LogP contribution in [0.25, 0.3) is 0 Å². The molecule has 0 amide bonds. The molecule has 4 nitrogen and oxygen atoms in total. The van der Waals surface area contributed by atoms with Gasteiger partial charge >= 0.3 is 0 Å². The summed E-state index contributed by atoms with van der Waals surface area (Å²) in [6.45, 7) is 6.94. The summed E-state index contributed by atoms with van der Waals surface area (Å²) >= 11 is 0. The fourth-order valence-electron chi connectivity index (χ4n) is 1.06. The van der Waals surface area contributed by atoms with Gasteiger partial charge in [-0.3, -0.25) is 4.57 Å². The first-order valence-corrected chi connectivity index (χ1v) is 6.22. The third-order valence-corrected chi connectivity index (χ3v) is 4.83. The average Bonchev–Trinajstić information content (AvgIpc) is 1.99. The first kappa shape index (κ1) is 12.7. The monoisotopic (exact) mass is 207 g/mol. The summed E-state index contributed by atoms with van der Waals surface area (Å²) in [4.78, 5) is 9.62. The van der Waals surface area contributed by atoms with Gasteiger partial charge in [0, 0.05) is 6.16 Å². The highest BCUT2D eigenvalue weighted by Gasteiger charge is 2.30. The Kier molecular flexibility index (Phi) is 4.65. The van der Waals surface area contributed by atoms with E-state index in [4.69, 9.17) is 5.21 Å². The minimum absolute atomic E-state index is 0.171. The summed E-state index contributed by atoms with van der Waals surface area (Å²) < 4.78 is 11.7. The molecule has 0 aliphatic rings. The Labute approximate surface area is 79.1 Å². The standard InChI is InChI=1S/C8H18NO3P/c1-6(2)5-13(11,12)8(4)7(3)9-10/h6,8,10H,5H2,1-4H3,(H,11,12). The van der Waals surface area contributed by atoms with Gasteiger partial charge in [0.25, 0.3) is 0 Å². The van der Waals surface area contributed by atoms with Gasteiger partial charge in [0.15, 0.2) is 0 Å². The van der Waals surface area contributed by atoms with Gasteiger partial charge < -0.3 is 10.1 Å². The van der Waals surface area contributed by atoms with Gasteiger partial charge in [-0.25, -0.2) is 0 Å². The Morgan fingerprint density at radius 2 is 1.92 bits per heavy atom. The van der Waals surface area contributed by atoms with Crippen LogP contribution in [0.1, 0.15) is 27.7 Å². The molecule has 0 spiro atoms. The second kappa shape index (κ2) is 4.77. The van der Waals surface area contributed by atoms with Gasteiger partial charge in [-0.15, -0.1) is 0 Å². The lowest BCUT2D eigenvalue weighted by Gasteiger charge is -2.19. The van der Waals surface area contributed by atoms with E-state index in [1.54, 1.807) is 13.8 Å². The molecule has 0 saturated carbocycles. The molecule has 0 bridgehead atoms. The van der Waals surface area contributed by atoms with Crippen LogP contribution in [0.15, 0.2) is 5.16 Å². The van der Waals surface area contributed by atoms with Crippen LogP contribution < -0.4 is 0 Å².